The van der Waals surface area contributed by atoms with Gasteiger partial charge in [-0.3, -0.25) is 4.90 Å². The van der Waals surface area contributed by atoms with Crippen LogP contribution in [0.15, 0.2) is 11.4 Å². The van der Waals surface area contributed by atoms with E-state index < -0.39 is 5.60 Å². The minimum Gasteiger partial charge on any atom is -0.443 e. The first-order valence-electron chi connectivity index (χ1n) is 5.54. The topological polar surface area (TPSA) is 29.5 Å². The maximum Gasteiger partial charge on any atom is 0.414 e. The Kier molecular flexibility index (Phi) is 2.93. The number of hydrogen-bond donors (Lipinski definition) is 0. The normalized spacial score (nSPS) is 15.8. The van der Waals surface area contributed by atoms with Crippen LogP contribution >= 0.6 is 11.3 Å². The van der Waals surface area contributed by atoms with E-state index in [0.29, 0.717) is 0 Å². The van der Waals surface area contributed by atoms with Crippen LogP contribution in [0.2, 0.25) is 0 Å². The Morgan fingerprint density at radius 3 is 2.94 bits per heavy atom. The number of carbonyl (C=O) groups excluding carboxylic acids is 1. The first kappa shape index (κ1) is 11.5. The quantitative estimate of drug-likeness (QED) is 0.694. The molecule has 88 valence electrons. The van der Waals surface area contributed by atoms with Crippen LogP contribution < -0.4 is 4.90 Å². The van der Waals surface area contributed by atoms with Crippen molar-refractivity contribution in [2.75, 3.05) is 11.4 Å². The predicted octanol–water partition coefficient (Wildman–Crippen LogP) is 3.44. The molecule has 1 aromatic heterocycles. The molecule has 0 aromatic carbocycles. The average Bonchev–Trinajstić information content (AvgIpc) is 2.61. The zero-order chi connectivity index (χ0) is 11.8. The van der Waals surface area contributed by atoms with Crippen LogP contribution in [0.1, 0.15) is 32.1 Å². The summed E-state index contributed by atoms with van der Waals surface area (Å²) in [5, 5.41) is 2.04. The summed E-state index contributed by atoms with van der Waals surface area (Å²) in [7, 11) is 0. The molecule has 4 heteroatoms. The van der Waals surface area contributed by atoms with Crippen LogP contribution in [-0.2, 0) is 11.2 Å². The maximum absolute atomic E-state index is 12.0. The lowest BCUT2D eigenvalue weighted by atomic mass is 10.1. The standard InChI is InChI=1S/C12H17NO2S/c1-12(2,3)15-11(14)13-7-4-5-10-9(13)6-8-16-10/h6,8H,4-5,7H2,1-3H3. The molecule has 0 N–H and O–H groups in total. The Labute approximate surface area is 100 Å². The molecule has 2 heterocycles. The summed E-state index contributed by atoms with van der Waals surface area (Å²) in [5.41, 5.74) is 0.607. The lowest BCUT2D eigenvalue weighted by Crippen LogP contribution is -2.39. The van der Waals surface area contributed by atoms with Gasteiger partial charge >= 0.3 is 6.09 Å². The van der Waals surface area contributed by atoms with Crippen molar-refractivity contribution >= 4 is 23.1 Å². The fourth-order valence-electron chi connectivity index (χ4n) is 1.79. The van der Waals surface area contributed by atoms with Crippen LogP contribution in [0.4, 0.5) is 10.5 Å². The Bertz CT molecular complexity index is 392. The fraction of sp³-hybridized carbons (Fsp3) is 0.583. The SMILES string of the molecule is CC(C)(C)OC(=O)N1CCCc2sccc21. The monoisotopic (exact) mass is 239 g/mol. The minimum absolute atomic E-state index is 0.230. The van der Waals surface area contributed by atoms with E-state index in [1.54, 1.807) is 16.2 Å². The highest BCUT2D eigenvalue weighted by atomic mass is 32.1. The van der Waals surface area contributed by atoms with Gasteiger partial charge in [0.15, 0.2) is 0 Å². The third kappa shape index (κ3) is 2.38. The molecule has 1 aliphatic rings. The highest BCUT2D eigenvalue weighted by Crippen LogP contribution is 2.32. The molecule has 0 saturated carbocycles. The summed E-state index contributed by atoms with van der Waals surface area (Å²) in [6.45, 7) is 6.44. The Morgan fingerprint density at radius 2 is 2.25 bits per heavy atom. The van der Waals surface area contributed by atoms with Gasteiger partial charge in [-0.05, 0) is 45.1 Å². The zero-order valence-corrected chi connectivity index (χ0v) is 10.8. The maximum atomic E-state index is 12.0. The van der Waals surface area contributed by atoms with Crippen LogP contribution in [0.25, 0.3) is 0 Å². The molecule has 16 heavy (non-hydrogen) atoms. The van der Waals surface area contributed by atoms with E-state index in [9.17, 15) is 4.79 Å². The van der Waals surface area contributed by atoms with Crippen molar-refractivity contribution in [3.8, 4) is 0 Å². The van der Waals surface area contributed by atoms with E-state index in [1.807, 2.05) is 32.2 Å². The van der Waals surface area contributed by atoms with E-state index in [-0.39, 0.29) is 6.09 Å². The second kappa shape index (κ2) is 4.09. The molecular formula is C12H17NO2S. The zero-order valence-electron chi connectivity index (χ0n) is 9.95. The van der Waals surface area contributed by atoms with Crippen molar-refractivity contribution < 1.29 is 9.53 Å². The van der Waals surface area contributed by atoms with Gasteiger partial charge in [-0.1, -0.05) is 0 Å². The number of ether oxygens (including phenoxy) is 1. The van der Waals surface area contributed by atoms with Gasteiger partial charge in [0.1, 0.15) is 5.60 Å². The minimum atomic E-state index is -0.426. The van der Waals surface area contributed by atoms with Crippen LogP contribution in [0, 0.1) is 0 Å². The van der Waals surface area contributed by atoms with E-state index in [4.69, 9.17) is 4.74 Å². The number of hydrogen-bond acceptors (Lipinski definition) is 3. The van der Waals surface area contributed by atoms with Crippen molar-refractivity contribution in [3.05, 3.63) is 16.3 Å². The first-order chi connectivity index (χ1) is 7.47. The summed E-state index contributed by atoms with van der Waals surface area (Å²) in [5.74, 6) is 0. The van der Waals surface area contributed by atoms with Crippen molar-refractivity contribution in [2.24, 2.45) is 0 Å². The molecule has 3 nitrogen and oxygen atoms in total. The summed E-state index contributed by atoms with van der Waals surface area (Å²) >= 11 is 1.72. The largest absolute Gasteiger partial charge is 0.443 e. The summed E-state index contributed by atoms with van der Waals surface area (Å²) in [4.78, 5) is 15.0. The molecule has 0 bridgehead atoms. The van der Waals surface area contributed by atoms with Crippen molar-refractivity contribution in [1.29, 1.82) is 0 Å². The summed E-state index contributed by atoms with van der Waals surface area (Å²) in [6.07, 6.45) is 1.87. The molecule has 0 aliphatic carbocycles. The Morgan fingerprint density at radius 1 is 1.50 bits per heavy atom. The summed E-state index contributed by atoms with van der Waals surface area (Å²) < 4.78 is 5.40. The molecule has 0 radical (unpaired) electrons. The third-order valence-corrected chi connectivity index (χ3v) is 3.38. The van der Waals surface area contributed by atoms with E-state index >= 15 is 0 Å². The van der Waals surface area contributed by atoms with Gasteiger partial charge in [-0.2, -0.15) is 0 Å². The number of anilines is 1. The van der Waals surface area contributed by atoms with Crippen LogP contribution in [0.5, 0.6) is 0 Å². The smallest absolute Gasteiger partial charge is 0.414 e. The van der Waals surface area contributed by atoms with E-state index in [2.05, 4.69) is 0 Å². The Hall–Kier alpha value is -1.03. The van der Waals surface area contributed by atoms with E-state index in [1.165, 1.54) is 4.88 Å². The molecule has 0 atom stereocenters. The number of amides is 1. The van der Waals surface area contributed by atoms with Crippen LogP contribution in [-0.4, -0.2) is 18.2 Å². The van der Waals surface area contributed by atoms with Crippen molar-refractivity contribution in [3.63, 3.8) is 0 Å². The van der Waals surface area contributed by atoms with Crippen molar-refractivity contribution in [2.45, 2.75) is 39.2 Å². The van der Waals surface area contributed by atoms with E-state index in [0.717, 1.165) is 25.1 Å². The number of thiophene rings is 1. The average molecular weight is 239 g/mol. The number of rotatable bonds is 0. The highest BCUT2D eigenvalue weighted by molar-refractivity contribution is 7.10. The molecule has 1 aromatic rings. The first-order valence-corrected chi connectivity index (χ1v) is 6.42. The van der Waals surface area contributed by atoms with Crippen LogP contribution in [0.3, 0.4) is 0 Å². The molecule has 1 aliphatic heterocycles. The second-order valence-corrected chi connectivity index (χ2v) is 5.97. The van der Waals surface area contributed by atoms with Gasteiger partial charge in [-0.25, -0.2) is 4.79 Å². The van der Waals surface area contributed by atoms with Gasteiger partial charge in [0, 0.05) is 11.4 Å². The number of aryl methyl sites for hydroxylation is 1. The van der Waals surface area contributed by atoms with Gasteiger partial charge in [0.05, 0.1) is 5.69 Å². The molecule has 2 rings (SSSR count). The predicted molar refractivity (Wildman–Crippen MR) is 66.2 cm³/mol. The molecule has 0 unspecified atom stereocenters. The molecule has 1 amide bonds. The fourth-order valence-corrected chi connectivity index (χ4v) is 2.71. The third-order valence-electron chi connectivity index (χ3n) is 2.41. The highest BCUT2D eigenvalue weighted by Gasteiger charge is 2.27. The van der Waals surface area contributed by atoms with Gasteiger partial charge < -0.3 is 4.74 Å². The molecular weight excluding hydrogens is 222 g/mol. The second-order valence-electron chi connectivity index (χ2n) is 4.96. The number of fused-ring (bicyclic) bond motifs is 1. The number of carbonyl (C=O) groups is 1. The number of nitrogens with zero attached hydrogens (tertiary/aromatic N) is 1. The lowest BCUT2D eigenvalue weighted by molar-refractivity contribution is 0.0578. The molecule has 0 fully saturated rings. The van der Waals surface area contributed by atoms with Crippen molar-refractivity contribution in [1.82, 2.24) is 0 Å². The lowest BCUT2D eigenvalue weighted by Gasteiger charge is -2.29. The molecule has 0 saturated heterocycles. The van der Waals surface area contributed by atoms with Gasteiger partial charge in [0.2, 0.25) is 0 Å². The summed E-state index contributed by atoms with van der Waals surface area (Å²) in [6, 6.07) is 2.00. The Balaban J connectivity index is 2.15. The molecule has 0 spiro atoms. The van der Waals surface area contributed by atoms with Gasteiger partial charge in [0.25, 0.3) is 0 Å². The van der Waals surface area contributed by atoms with Gasteiger partial charge in [-0.15, -0.1) is 11.3 Å².